The smallest absolute Gasteiger partial charge is 0.492 e. The Bertz CT molecular complexity index is 655. The summed E-state index contributed by atoms with van der Waals surface area (Å²) in [7, 11) is 0. The van der Waals surface area contributed by atoms with Gasteiger partial charge in [0.2, 0.25) is 0 Å². The second kappa shape index (κ2) is 8.01. The molecule has 0 heterocycles. The van der Waals surface area contributed by atoms with E-state index >= 15 is 0 Å². The number of benzene rings is 2. The molecule has 0 spiro atoms. The summed E-state index contributed by atoms with van der Waals surface area (Å²) < 4.78 is 43.7. The standard InChI is InChI=1S/C14H10BF3NO.K/c16-15(17,18)13-6-1-2-7-14(13)20-10-12-5-3-4-11(8-12)9-19;/h1-8H,10H2;/q-1;+1. The monoisotopic (exact) mass is 315 g/mol. The van der Waals surface area contributed by atoms with Crippen molar-refractivity contribution in [3.05, 3.63) is 59.7 Å². The van der Waals surface area contributed by atoms with Gasteiger partial charge in [-0.15, -0.1) is 0 Å². The molecule has 2 nitrogen and oxygen atoms in total. The summed E-state index contributed by atoms with van der Waals surface area (Å²) in [6, 6.07) is 13.6. The third-order valence-electron chi connectivity index (χ3n) is 2.72. The van der Waals surface area contributed by atoms with Crippen molar-refractivity contribution in [1.29, 1.82) is 5.26 Å². The molecule has 102 valence electrons. The summed E-state index contributed by atoms with van der Waals surface area (Å²) >= 11 is 0. The number of rotatable bonds is 4. The molecular formula is C14H10BF3KNO. The molecule has 7 heteroatoms. The van der Waals surface area contributed by atoms with Gasteiger partial charge in [-0.1, -0.05) is 35.8 Å². The second-order valence-corrected chi connectivity index (χ2v) is 4.21. The van der Waals surface area contributed by atoms with Crippen LogP contribution in [0.5, 0.6) is 5.75 Å². The van der Waals surface area contributed by atoms with E-state index in [4.69, 9.17) is 10.00 Å². The van der Waals surface area contributed by atoms with Gasteiger partial charge < -0.3 is 17.7 Å². The zero-order valence-corrected chi connectivity index (χ0v) is 14.5. The molecule has 0 atom stereocenters. The van der Waals surface area contributed by atoms with Crippen LogP contribution in [-0.2, 0) is 6.61 Å². The molecule has 0 N–H and O–H groups in total. The molecule has 2 rings (SSSR count). The summed E-state index contributed by atoms with van der Waals surface area (Å²) in [5, 5.41) is 8.76. The first-order valence-electron chi connectivity index (χ1n) is 5.91. The van der Waals surface area contributed by atoms with Crippen molar-refractivity contribution in [2.24, 2.45) is 0 Å². The van der Waals surface area contributed by atoms with E-state index in [1.54, 1.807) is 24.3 Å². The quantitative estimate of drug-likeness (QED) is 0.755. The van der Waals surface area contributed by atoms with Gasteiger partial charge in [0.15, 0.2) is 0 Å². The van der Waals surface area contributed by atoms with Gasteiger partial charge in [0, 0.05) is 0 Å². The Morgan fingerprint density at radius 1 is 1.05 bits per heavy atom. The minimum Gasteiger partial charge on any atom is -0.492 e. The van der Waals surface area contributed by atoms with E-state index in [9.17, 15) is 12.9 Å². The van der Waals surface area contributed by atoms with Crippen LogP contribution in [0.4, 0.5) is 12.9 Å². The molecule has 0 unspecified atom stereocenters. The van der Waals surface area contributed by atoms with Crippen LogP contribution in [-0.4, -0.2) is 6.98 Å². The number of hydrogen-bond donors (Lipinski definition) is 0. The molecule has 0 saturated heterocycles. The van der Waals surface area contributed by atoms with Crippen molar-refractivity contribution in [1.82, 2.24) is 0 Å². The van der Waals surface area contributed by atoms with E-state index in [2.05, 4.69) is 0 Å². The number of nitrogens with zero attached hydrogens (tertiary/aromatic N) is 1. The molecule has 0 fully saturated rings. The van der Waals surface area contributed by atoms with Crippen LogP contribution >= 0.6 is 0 Å². The van der Waals surface area contributed by atoms with E-state index in [1.165, 1.54) is 18.2 Å². The fourth-order valence-corrected chi connectivity index (χ4v) is 1.77. The number of hydrogen-bond acceptors (Lipinski definition) is 2. The average molecular weight is 315 g/mol. The van der Waals surface area contributed by atoms with Gasteiger partial charge in [0.05, 0.1) is 17.4 Å². The van der Waals surface area contributed by atoms with Crippen LogP contribution in [0.1, 0.15) is 11.1 Å². The zero-order chi connectivity index (χ0) is 14.6. The maximum Gasteiger partial charge on any atom is 1.00 e. The first-order chi connectivity index (χ1) is 9.50. The van der Waals surface area contributed by atoms with Gasteiger partial charge in [-0.05, 0) is 23.8 Å². The van der Waals surface area contributed by atoms with Crippen molar-refractivity contribution in [2.75, 3.05) is 0 Å². The third-order valence-corrected chi connectivity index (χ3v) is 2.72. The van der Waals surface area contributed by atoms with Gasteiger partial charge in [0.25, 0.3) is 0 Å². The van der Waals surface area contributed by atoms with Gasteiger partial charge in [-0.2, -0.15) is 5.26 Å². The first kappa shape index (κ1) is 18.3. The molecule has 2 aromatic carbocycles. The summed E-state index contributed by atoms with van der Waals surface area (Å²) in [6.45, 7) is -5.12. The van der Waals surface area contributed by atoms with Crippen molar-refractivity contribution in [3.63, 3.8) is 0 Å². The fraction of sp³-hybridized carbons (Fsp3) is 0.0714. The molecule has 0 aliphatic heterocycles. The van der Waals surface area contributed by atoms with Crippen LogP contribution in [0, 0.1) is 11.3 Å². The molecule has 0 bridgehead atoms. The SMILES string of the molecule is N#Cc1cccc(COc2ccccc2[B-](F)(F)F)c1.[K+]. The van der Waals surface area contributed by atoms with Gasteiger partial charge in [-0.25, -0.2) is 0 Å². The Balaban J connectivity index is 0.00000220. The average Bonchev–Trinajstić information content (AvgIpc) is 2.44. The normalized spacial score (nSPS) is 10.4. The Labute approximate surface area is 163 Å². The minimum absolute atomic E-state index is 0. The summed E-state index contributed by atoms with van der Waals surface area (Å²) in [5.41, 5.74) is 0.344. The molecule has 2 aromatic rings. The van der Waals surface area contributed by atoms with Crippen LogP contribution < -0.4 is 61.6 Å². The van der Waals surface area contributed by atoms with E-state index < -0.39 is 12.4 Å². The number of nitriles is 1. The molecule has 0 aliphatic rings. The summed E-state index contributed by atoms with van der Waals surface area (Å²) in [6.07, 6.45) is 0. The molecular weight excluding hydrogens is 305 g/mol. The molecule has 0 amide bonds. The van der Waals surface area contributed by atoms with Crippen molar-refractivity contribution < 1.29 is 69.1 Å². The van der Waals surface area contributed by atoms with Crippen molar-refractivity contribution >= 4 is 12.4 Å². The molecule has 0 aromatic heterocycles. The van der Waals surface area contributed by atoms with E-state index in [-0.39, 0.29) is 63.7 Å². The van der Waals surface area contributed by atoms with Gasteiger partial charge >= 0.3 is 58.4 Å². The topological polar surface area (TPSA) is 33.0 Å². The number of halogens is 3. The summed E-state index contributed by atoms with van der Waals surface area (Å²) in [5.74, 6) is -0.192. The van der Waals surface area contributed by atoms with Gasteiger partial charge in [-0.3, -0.25) is 0 Å². The van der Waals surface area contributed by atoms with E-state index in [0.717, 1.165) is 6.07 Å². The van der Waals surface area contributed by atoms with E-state index in [0.29, 0.717) is 11.1 Å². The van der Waals surface area contributed by atoms with Crippen molar-refractivity contribution in [2.45, 2.75) is 6.61 Å². The molecule has 21 heavy (non-hydrogen) atoms. The minimum atomic E-state index is -5.11. The van der Waals surface area contributed by atoms with Crippen LogP contribution in [0.15, 0.2) is 48.5 Å². The zero-order valence-electron chi connectivity index (χ0n) is 11.4. The Morgan fingerprint density at radius 3 is 2.43 bits per heavy atom. The predicted molar refractivity (Wildman–Crippen MR) is 70.6 cm³/mol. The van der Waals surface area contributed by atoms with E-state index in [1.807, 2.05) is 6.07 Å². The Morgan fingerprint density at radius 2 is 1.76 bits per heavy atom. The maximum absolute atomic E-state index is 12.8. The number of para-hydroxylation sites is 1. The summed E-state index contributed by atoms with van der Waals surface area (Å²) in [4.78, 5) is 0. The molecule has 0 saturated carbocycles. The fourth-order valence-electron chi connectivity index (χ4n) is 1.77. The van der Waals surface area contributed by atoms with Gasteiger partial charge in [0.1, 0.15) is 6.61 Å². The first-order valence-corrected chi connectivity index (χ1v) is 5.91. The van der Waals surface area contributed by atoms with Crippen LogP contribution in [0.3, 0.4) is 0 Å². The van der Waals surface area contributed by atoms with Crippen LogP contribution in [0.25, 0.3) is 0 Å². The van der Waals surface area contributed by atoms with Crippen molar-refractivity contribution in [3.8, 4) is 11.8 Å². The third kappa shape index (κ3) is 5.17. The second-order valence-electron chi connectivity index (χ2n) is 4.21. The van der Waals surface area contributed by atoms with Crippen LogP contribution in [0.2, 0.25) is 0 Å². The maximum atomic E-state index is 12.8. The number of ether oxygens (including phenoxy) is 1. The molecule has 0 aliphatic carbocycles. The molecule has 0 radical (unpaired) electrons. The Kier molecular flexibility index (Phi) is 6.97. The predicted octanol–water partition coefficient (Wildman–Crippen LogP) is 0.196. The Hall–Kier alpha value is -0.779. The largest absolute Gasteiger partial charge is 1.00 e.